The van der Waals surface area contributed by atoms with E-state index in [4.69, 9.17) is 0 Å². The number of hydrogen-bond donors (Lipinski definition) is 1. The van der Waals surface area contributed by atoms with Gasteiger partial charge in [0, 0.05) is 24.8 Å². The van der Waals surface area contributed by atoms with Gasteiger partial charge >= 0.3 is 0 Å². The summed E-state index contributed by atoms with van der Waals surface area (Å²) in [5.41, 5.74) is 3.02. The highest BCUT2D eigenvalue weighted by Crippen LogP contribution is 2.35. The van der Waals surface area contributed by atoms with E-state index >= 15 is 0 Å². The Hall–Kier alpha value is -1.02. The van der Waals surface area contributed by atoms with Gasteiger partial charge in [-0.25, -0.2) is 0 Å². The summed E-state index contributed by atoms with van der Waals surface area (Å²) in [5, 5.41) is 3.74. The molecule has 1 N–H and O–H groups in total. The molecule has 20 heavy (non-hydrogen) atoms. The Kier molecular flexibility index (Phi) is 4.62. The third-order valence-corrected chi connectivity index (χ3v) is 4.92. The zero-order valence-electron chi connectivity index (χ0n) is 12.8. The van der Waals surface area contributed by atoms with Crippen LogP contribution < -0.4 is 10.2 Å². The lowest BCUT2D eigenvalue weighted by molar-refractivity contribution is 0.317. The van der Waals surface area contributed by atoms with Crippen LogP contribution in [-0.4, -0.2) is 19.6 Å². The Morgan fingerprint density at radius 3 is 2.75 bits per heavy atom. The molecule has 1 aromatic carbocycles. The summed E-state index contributed by atoms with van der Waals surface area (Å²) in [7, 11) is 0. The van der Waals surface area contributed by atoms with Crippen molar-refractivity contribution in [1.82, 2.24) is 5.32 Å². The summed E-state index contributed by atoms with van der Waals surface area (Å²) in [6.07, 6.45) is 8.12. The van der Waals surface area contributed by atoms with E-state index in [0.717, 1.165) is 12.5 Å². The number of nitrogens with zero attached hydrogens (tertiary/aromatic N) is 1. The van der Waals surface area contributed by atoms with E-state index in [0.29, 0.717) is 6.04 Å². The van der Waals surface area contributed by atoms with E-state index in [2.05, 4.69) is 41.4 Å². The molecule has 2 heteroatoms. The zero-order valence-corrected chi connectivity index (χ0v) is 12.8. The molecule has 0 aromatic heterocycles. The van der Waals surface area contributed by atoms with Crippen LogP contribution in [0.25, 0.3) is 0 Å². The maximum absolute atomic E-state index is 3.74. The van der Waals surface area contributed by atoms with Gasteiger partial charge < -0.3 is 10.2 Å². The average molecular weight is 272 g/mol. The molecule has 1 aliphatic carbocycles. The molecule has 110 valence electrons. The molecule has 1 fully saturated rings. The number of fused-ring (bicyclic) bond motifs is 1. The molecular formula is C18H28N2. The van der Waals surface area contributed by atoms with Crippen LogP contribution >= 0.6 is 0 Å². The smallest absolute Gasteiger partial charge is 0.0414 e. The minimum absolute atomic E-state index is 0.553. The zero-order chi connectivity index (χ0) is 13.8. The molecule has 1 aliphatic heterocycles. The molecule has 3 rings (SSSR count). The molecule has 1 atom stereocenters. The quantitative estimate of drug-likeness (QED) is 0.867. The minimum atomic E-state index is 0.553. The van der Waals surface area contributed by atoms with E-state index in [1.54, 1.807) is 0 Å². The number of anilines is 1. The van der Waals surface area contributed by atoms with Crippen LogP contribution in [0.5, 0.6) is 0 Å². The molecule has 0 spiro atoms. The Morgan fingerprint density at radius 1 is 1.15 bits per heavy atom. The van der Waals surface area contributed by atoms with Gasteiger partial charge in [-0.15, -0.1) is 0 Å². The fourth-order valence-electron chi connectivity index (χ4n) is 3.54. The number of rotatable bonds is 5. The van der Waals surface area contributed by atoms with E-state index in [1.165, 1.54) is 62.9 Å². The van der Waals surface area contributed by atoms with Gasteiger partial charge in [-0.05, 0) is 56.2 Å². The predicted molar refractivity (Wildman–Crippen MR) is 86.3 cm³/mol. The van der Waals surface area contributed by atoms with Crippen LogP contribution in [0.15, 0.2) is 24.3 Å². The summed E-state index contributed by atoms with van der Waals surface area (Å²) in [5.74, 6) is 0.947. The van der Waals surface area contributed by atoms with Crippen molar-refractivity contribution in [2.75, 3.05) is 24.5 Å². The second kappa shape index (κ2) is 6.62. The number of para-hydroxylation sites is 1. The first-order chi connectivity index (χ1) is 9.88. The monoisotopic (exact) mass is 272 g/mol. The van der Waals surface area contributed by atoms with Crippen LogP contribution in [0.2, 0.25) is 0 Å². The van der Waals surface area contributed by atoms with Gasteiger partial charge in [-0.3, -0.25) is 0 Å². The third kappa shape index (κ3) is 3.01. The van der Waals surface area contributed by atoms with Crippen molar-refractivity contribution in [2.45, 2.75) is 51.5 Å². The van der Waals surface area contributed by atoms with Crippen molar-refractivity contribution in [3.05, 3.63) is 29.8 Å². The molecule has 0 amide bonds. The molecule has 0 radical (unpaired) electrons. The summed E-state index contributed by atoms with van der Waals surface area (Å²) in [6.45, 7) is 5.88. The van der Waals surface area contributed by atoms with Crippen LogP contribution in [0.4, 0.5) is 5.69 Å². The van der Waals surface area contributed by atoms with Crippen LogP contribution in [0.3, 0.4) is 0 Å². The summed E-state index contributed by atoms with van der Waals surface area (Å²) < 4.78 is 0. The number of hydrogen-bond acceptors (Lipinski definition) is 2. The third-order valence-electron chi connectivity index (χ3n) is 4.92. The van der Waals surface area contributed by atoms with Gasteiger partial charge in [0.15, 0.2) is 0 Å². The molecule has 2 nitrogen and oxygen atoms in total. The van der Waals surface area contributed by atoms with Gasteiger partial charge in [-0.1, -0.05) is 31.5 Å². The molecule has 2 aliphatic rings. The second-order valence-electron chi connectivity index (χ2n) is 6.45. The summed E-state index contributed by atoms with van der Waals surface area (Å²) in [6, 6.07) is 9.63. The minimum Gasteiger partial charge on any atom is -0.371 e. The first-order valence-corrected chi connectivity index (χ1v) is 8.45. The molecule has 1 unspecified atom stereocenters. The van der Waals surface area contributed by atoms with E-state index in [-0.39, 0.29) is 0 Å². The number of nitrogens with one attached hydrogen (secondary N) is 1. The SMILES string of the molecule is CCCNC1CCCN(CC2CCC2)c2ccccc21. The van der Waals surface area contributed by atoms with Gasteiger partial charge in [0.2, 0.25) is 0 Å². The normalized spacial score (nSPS) is 23.1. The highest BCUT2D eigenvalue weighted by Gasteiger charge is 2.26. The Bertz CT molecular complexity index is 425. The molecule has 0 bridgehead atoms. The first kappa shape index (κ1) is 13.9. The highest BCUT2D eigenvalue weighted by atomic mass is 15.1. The predicted octanol–water partition coefficient (Wildman–Crippen LogP) is 4.13. The van der Waals surface area contributed by atoms with E-state index in [9.17, 15) is 0 Å². The maximum Gasteiger partial charge on any atom is 0.0414 e. The van der Waals surface area contributed by atoms with Crippen LogP contribution in [-0.2, 0) is 0 Å². The maximum atomic E-state index is 3.74. The largest absolute Gasteiger partial charge is 0.371 e. The fourth-order valence-corrected chi connectivity index (χ4v) is 3.54. The number of benzene rings is 1. The van der Waals surface area contributed by atoms with Crippen molar-refractivity contribution in [1.29, 1.82) is 0 Å². The van der Waals surface area contributed by atoms with Gasteiger partial charge in [-0.2, -0.15) is 0 Å². The second-order valence-corrected chi connectivity index (χ2v) is 6.45. The Labute approximate surface area is 123 Å². The Morgan fingerprint density at radius 2 is 2.00 bits per heavy atom. The van der Waals surface area contributed by atoms with Gasteiger partial charge in [0.25, 0.3) is 0 Å². The lowest BCUT2D eigenvalue weighted by atomic mass is 9.85. The van der Waals surface area contributed by atoms with Crippen LogP contribution in [0, 0.1) is 5.92 Å². The lowest BCUT2D eigenvalue weighted by Crippen LogP contribution is -2.33. The van der Waals surface area contributed by atoms with Crippen molar-refractivity contribution in [3.63, 3.8) is 0 Å². The lowest BCUT2D eigenvalue weighted by Gasteiger charge is -2.34. The highest BCUT2D eigenvalue weighted by molar-refractivity contribution is 5.56. The van der Waals surface area contributed by atoms with Crippen molar-refractivity contribution in [2.24, 2.45) is 5.92 Å². The molecule has 1 aromatic rings. The van der Waals surface area contributed by atoms with Crippen LogP contribution in [0.1, 0.15) is 57.1 Å². The van der Waals surface area contributed by atoms with Crippen molar-refractivity contribution in [3.8, 4) is 0 Å². The molecule has 1 heterocycles. The fraction of sp³-hybridized carbons (Fsp3) is 0.667. The van der Waals surface area contributed by atoms with Gasteiger partial charge in [0.05, 0.1) is 0 Å². The van der Waals surface area contributed by atoms with Crippen molar-refractivity contribution >= 4 is 5.69 Å². The molecular weight excluding hydrogens is 244 g/mol. The van der Waals surface area contributed by atoms with E-state index in [1.807, 2.05) is 0 Å². The summed E-state index contributed by atoms with van der Waals surface area (Å²) >= 11 is 0. The molecule has 0 saturated heterocycles. The standard InChI is InChI=1S/C18H28N2/c1-2-12-19-17-10-6-13-20(14-15-7-5-8-15)18-11-4-3-9-16(17)18/h3-4,9,11,15,17,19H,2,5-8,10,12-14H2,1H3. The van der Waals surface area contributed by atoms with Gasteiger partial charge in [0.1, 0.15) is 0 Å². The Balaban J connectivity index is 1.79. The molecule has 1 saturated carbocycles. The topological polar surface area (TPSA) is 15.3 Å². The first-order valence-electron chi connectivity index (χ1n) is 8.45. The summed E-state index contributed by atoms with van der Waals surface area (Å²) in [4.78, 5) is 2.66. The average Bonchev–Trinajstić information content (AvgIpc) is 2.60. The van der Waals surface area contributed by atoms with Crippen molar-refractivity contribution < 1.29 is 0 Å². The van der Waals surface area contributed by atoms with E-state index < -0.39 is 0 Å².